The highest BCUT2D eigenvalue weighted by Crippen LogP contribution is 2.25. The average Bonchev–Trinajstić information content (AvgIpc) is 2.56. The normalized spacial score (nSPS) is 13.1. The van der Waals surface area contributed by atoms with Crippen molar-refractivity contribution in [2.45, 2.75) is 13.0 Å². The topological polar surface area (TPSA) is 60.9 Å². The van der Waals surface area contributed by atoms with Gasteiger partial charge in [-0.25, -0.2) is 9.37 Å². The third kappa shape index (κ3) is 2.72. The molecule has 98 valence electrons. The molecule has 2 N–H and O–H groups in total. The van der Waals surface area contributed by atoms with E-state index in [1.807, 2.05) is 0 Å². The molecule has 7 heteroatoms. The van der Waals surface area contributed by atoms with E-state index >= 15 is 0 Å². The number of nitrogens with zero attached hydrogens (tertiary/aromatic N) is 2. The number of halogens is 2. The highest BCUT2D eigenvalue weighted by atomic mass is 79.9. The van der Waals surface area contributed by atoms with Crippen molar-refractivity contribution in [2.75, 3.05) is 17.7 Å². The van der Waals surface area contributed by atoms with Crippen LogP contribution in [-0.2, 0) is 17.3 Å². The quantitative estimate of drug-likeness (QED) is 0.933. The number of nitrogen functional groups attached to an aromatic ring is 1. The van der Waals surface area contributed by atoms with Gasteiger partial charge in [-0.05, 0) is 28.4 Å². The zero-order valence-electron chi connectivity index (χ0n) is 9.82. The lowest BCUT2D eigenvalue weighted by molar-refractivity contribution is 0.620. The first-order chi connectivity index (χ1) is 8.49. The zero-order chi connectivity index (χ0) is 13.3. The number of hydrogen-bond acceptors (Lipinski definition) is 3. The van der Waals surface area contributed by atoms with Crippen LogP contribution in [0.15, 0.2) is 16.6 Å². The van der Waals surface area contributed by atoms with E-state index in [4.69, 9.17) is 5.73 Å². The molecule has 0 bridgehead atoms. The van der Waals surface area contributed by atoms with Crippen molar-refractivity contribution in [2.24, 2.45) is 0 Å². The number of aromatic nitrogens is 2. The largest absolute Gasteiger partial charge is 0.369 e. The van der Waals surface area contributed by atoms with Gasteiger partial charge < -0.3 is 10.3 Å². The van der Waals surface area contributed by atoms with E-state index in [0.717, 1.165) is 6.42 Å². The maximum Gasteiger partial charge on any atom is 0.201 e. The second-order valence-electron chi connectivity index (χ2n) is 4.01. The molecule has 0 aliphatic rings. The number of imidazole rings is 1. The molecule has 0 amide bonds. The summed E-state index contributed by atoms with van der Waals surface area (Å²) in [6.45, 7) is 0.586. The van der Waals surface area contributed by atoms with Gasteiger partial charge in [-0.15, -0.1) is 0 Å². The van der Waals surface area contributed by atoms with Crippen LogP contribution < -0.4 is 5.73 Å². The summed E-state index contributed by atoms with van der Waals surface area (Å²) in [6.07, 6.45) is 2.38. The number of aryl methyl sites for hydroxylation is 1. The molecule has 0 aliphatic carbocycles. The first-order valence-electron chi connectivity index (χ1n) is 5.40. The van der Waals surface area contributed by atoms with Crippen LogP contribution in [0.1, 0.15) is 6.42 Å². The summed E-state index contributed by atoms with van der Waals surface area (Å²) in [5, 5.41) is 0. The molecule has 0 saturated carbocycles. The van der Waals surface area contributed by atoms with Crippen molar-refractivity contribution in [3.05, 3.63) is 22.4 Å². The Kier molecular flexibility index (Phi) is 4.01. The monoisotopic (exact) mass is 333 g/mol. The summed E-state index contributed by atoms with van der Waals surface area (Å²) in [5.41, 5.74) is 7.12. The number of benzene rings is 1. The lowest BCUT2D eigenvalue weighted by Gasteiger charge is -2.05. The maximum atomic E-state index is 13.5. The van der Waals surface area contributed by atoms with Crippen LogP contribution in [0, 0.1) is 5.82 Å². The number of anilines is 1. The van der Waals surface area contributed by atoms with Gasteiger partial charge in [-0.2, -0.15) is 0 Å². The van der Waals surface area contributed by atoms with Gasteiger partial charge in [0, 0.05) is 35.4 Å². The molecular formula is C11H13BrFN3OS. The Morgan fingerprint density at radius 1 is 1.56 bits per heavy atom. The predicted molar refractivity (Wildman–Crippen MR) is 75.4 cm³/mol. The SMILES string of the molecule is CS(=O)CCCn1c(N)nc2cc(Br)c(F)cc21. The van der Waals surface area contributed by atoms with Gasteiger partial charge in [0.2, 0.25) is 5.95 Å². The van der Waals surface area contributed by atoms with Crippen molar-refractivity contribution in [3.63, 3.8) is 0 Å². The van der Waals surface area contributed by atoms with Gasteiger partial charge in [-0.1, -0.05) is 0 Å². The molecule has 0 spiro atoms. The summed E-state index contributed by atoms with van der Waals surface area (Å²) >= 11 is 3.12. The van der Waals surface area contributed by atoms with Crippen LogP contribution in [0.5, 0.6) is 0 Å². The maximum absolute atomic E-state index is 13.5. The molecule has 1 heterocycles. The fourth-order valence-electron chi connectivity index (χ4n) is 1.80. The molecule has 2 rings (SSSR count). The Balaban J connectivity index is 2.34. The number of rotatable bonds is 4. The Morgan fingerprint density at radius 2 is 2.28 bits per heavy atom. The molecule has 0 radical (unpaired) electrons. The van der Waals surface area contributed by atoms with Crippen molar-refractivity contribution in [1.29, 1.82) is 0 Å². The van der Waals surface area contributed by atoms with E-state index in [1.54, 1.807) is 16.9 Å². The average molecular weight is 334 g/mol. The van der Waals surface area contributed by atoms with Gasteiger partial charge in [0.25, 0.3) is 0 Å². The molecular weight excluding hydrogens is 321 g/mol. The van der Waals surface area contributed by atoms with Gasteiger partial charge in [0.15, 0.2) is 0 Å². The van der Waals surface area contributed by atoms with Crippen molar-refractivity contribution >= 4 is 43.7 Å². The fraction of sp³-hybridized carbons (Fsp3) is 0.364. The van der Waals surface area contributed by atoms with E-state index in [0.29, 0.717) is 33.8 Å². The summed E-state index contributed by atoms with van der Waals surface area (Å²) in [5.74, 6) is 0.602. The summed E-state index contributed by atoms with van der Waals surface area (Å²) < 4.78 is 26.6. The van der Waals surface area contributed by atoms with Crippen LogP contribution in [0.2, 0.25) is 0 Å². The predicted octanol–water partition coefficient (Wildman–Crippen LogP) is 2.29. The van der Waals surface area contributed by atoms with Crippen molar-refractivity contribution in [3.8, 4) is 0 Å². The molecule has 1 unspecified atom stereocenters. The minimum absolute atomic E-state index is 0.345. The van der Waals surface area contributed by atoms with Gasteiger partial charge in [0.1, 0.15) is 5.82 Å². The van der Waals surface area contributed by atoms with Crippen LogP contribution in [0.25, 0.3) is 11.0 Å². The number of fused-ring (bicyclic) bond motifs is 1. The lowest BCUT2D eigenvalue weighted by atomic mass is 10.3. The van der Waals surface area contributed by atoms with Crippen LogP contribution in [0.4, 0.5) is 10.3 Å². The first-order valence-corrected chi connectivity index (χ1v) is 7.92. The van der Waals surface area contributed by atoms with Crippen molar-refractivity contribution < 1.29 is 8.60 Å². The number of hydrogen-bond donors (Lipinski definition) is 1. The first kappa shape index (κ1) is 13.5. The van der Waals surface area contributed by atoms with Gasteiger partial charge in [0.05, 0.1) is 15.5 Å². The molecule has 4 nitrogen and oxygen atoms in total. The molecule has 1 atom stereocenters. The third-order valence-corrected chi connectivity index (χ3v) is 4.10. The van der Waals surface area contributed by atoms with E-state index in [1.165, 1.54) is 6.07 Å². The Morgan fingerprint density at radius 3 is 2.94 bits per heavy atom. The van der Waals surface area contributed by atoms with Gasteiger partial charge in [-0.3, -0.25) is 4.21 Å². The summed E-state index contributed by atoms with van der Waals surface area (Å²) in [7, 11) is -0.832. The molecule has 0 fully saturated rings. The molecule has 1 aromatic heterocycles. The number of nitrogens with two attached hydrogens (primary N) is 1. The standard InChI is InChI=1S/C11H13BrFN3OS/c1-18(17)4-2-3-16-10-6-8(13)7(12)5-9(10)15-11(16)14/h5-6H,2-4H2,1H3,(H2,14,15). The Hall–Kier alpha value is -0.950. The highest BCUT2D eigenvalue weighted by molar-refractivity contribution is 9.10. The lowest BCUT2D eigenvalue weighted by Crippen LogP contribution is -2.06. The fourth-order valence-corrected chi connectivity index (χ4v) is 2.67. The second kappa shape index (κ2) is 5.36. The minimum atomic E-state index is -0.832. The molecule has 0 saturated heterocycles. The van der Waals surface area contributed by atoms with E-state index < -0.39 is 10.8 Å². The minimum Gasteiger partial charge on any atom is -0.369 e. The zero-order valence-corrected chi connectivity index (χ0v) is 12.2. The van der Waals surface area contributed by atoms with Crippen LogP contribution in [-0.4, -0.2) is 25.8 Å². The second-order valence-corrected chi connectivity index (χ2v) is 6.42. The smallest absolute Gasteiger partial charge is 0.201 e. The summed E-state index contributed by atoms with van der Waals surface area (Å²) in [6, 6.07) is 3.02. The van der Waals surface area contributed by atoms with Crippen LogP contribution in [0.3, 0.4) is 0 Å². The highest BCUT2D eigenvalue weighted by Gasteiger charge is 2.11. The van der Waals surface area contributed by atoms with E-state index in [-0.39, 0.29) is 5.82 Å². The van der Waals surface area contributed by atoms with E-state index in [2.05, 4.69) is 20.9 Å². The molecule has 1 aromatic carbocycles. The Bertz CT molecular complexity index is 614. The van der Waals surface area contributed by atoms with E-state index in [9.17, 15) is 8.60 Å². The van der Waals surface area contributed by atoms with Crippen LogP contribution >= 0.6 is 15.9 Å². The summed E-state index contributed by atoms with van der Waals surface area (Å²) in [4.78, 5) is 4.18. The third-order valence-electron chi connectivity index (χ3n) is 2.63. The molecule has 0 aliphatic heterocycles. The molecule has 18 heavy (non-hydrogen) atoms. The van der Waals surface area contributed by atoms with Gasteiger partial charge >= 0.3 is 0 Å². The van der Waals surface area contributed by atoms with Crippen molar-refractivity contribution in [1.82, 2.24) is 9.55 Å². The Labute approximate surface area is 115 Å². The molecule has 2 aromatic rings.